The van der Waals surface area contributed by atoms with E-state index in [-0.39, 0.29) is 12.5 Å². The zero-order chi connectivity index (χ0) is 14.5. The van der Waals surface area contributed by atoms with Crippen molar-refractivity contribution in [1.29, 1.82) is 0 Å². The summed E-state index contributed by atoms with van der Waals surface area (Å²) in [5.41, 5.74) is 8.02. The maximum Gasteiger partial charge on any atom is 0.259 e. The van der Waals surface area contributed by atoms with E-state index in [1.807, 2.05) is 24.3 Å². The fourth-order valence-corrected chi connectivity index (χ4v) is 1.86. The normalized spacial score (nSPS) is 9.75. The number of nitrogens with one attached hydrogen (secondary N) is 1. The Bertz CT molecular complexity index is 691. The summed E-state index contributed by atoms with van der Waals surface area (Å²) in [5.74, 6) is 5.53. The van der Waals surface area contributed by atoms with Crippen LogP contribution in [-0.4, -0.2) is 22.2 Å². The van der Waals surface area contributed by atoms with Gasteiger partial charge >= 0.3 is 0 Å². The fraction of sp³-hybridized carbons (Fsp3) is 0.200. The van der Waals surface area contributed by atoms with E-state index in [0.717, 1.165) is 5.56 Å². The van der Waals surface area contributed by atoms with E-state index in [9.17, 15) is 4.79 Å². The van der Waals surface area contributed by atoms with E-state index in [1.165, 1.54) is 0 Å². The quantitative estimate of drug-likeness (QED) is 0.806. The summed E-state index contributed by atoms with van der Waals surface area (Å²) in [5, 5.41) is 7.01. The first-order valence-corrected chi connectivity index (χ1v) is 6.21. The second-order valence-electron chi connectivity index (χ2n) is 4.31. The second-order valence-corrected chi connectivity index (χ2v) is 4.31. The Labute approximate surface area is 117 Å². The zero-order valence-electron chi connectivity index (χ0n) is 11.5. The van der Waals surface area contributed by atoms with Gasteiger partial charge in [-0.3, -0.25) is 9.48 Å². The average molecular weight is 268 g/mol. The summed E-state index contributed by atoms with van der Waals surface area (Å²) in [4.78, 5) is 12.2. The molecule has 0 unspecified atom stereocenters. The van der Waals surface area contributed by atoms with Crippen LogP contribution in [0.2, 0.25) is 0 Å². The molecule has 0 bridgehead atoms. The van der Waals surface area contributed by atoms with Crippen LogP contribution in [0.5, 0.6) is 0 Å². The number of aryl methyl sites for hydroxylation is 2. The van der Waals surface area contributed by atoms with Gasteiger partial charge in [-0.1, -0.05) is 24.0 Å². The molecule has 2 rings (SSSR count). The smallest absolute Gasteiger partial charge is 0.259 e. The number of nitrogens with two attached hydrogens (primary N) is 1. The third kappa shape index (κ3) is 3.05. The van der Waals surface area contributed by atoms with Crippen LogP contribution in [0.25, 0.3) is 0 Å². The number of hydrogen-bond acceptors (Lipinski definition) is 3. The molecule has 102 valence electrons. The summed E-state index contributed by atoms with van der Waals surface area (Å²) in [6, 6.07) is 7.36. The Hall–Kier alpha value is -2.58. The first kappa shape index (κ1) is 13.8. The highest BCUT2D eigenvalue weighted by Crippen LogP contribution is 2.16. The van der Waals surface area contributed by atoms with Gasteiger partial charge < -0.3 is 11.1 Å². The van der Waals surface area contributed by atoms with Gasteiger partial charge in [0, 0.05) is 18.8 Å². The van der Waals surface area contributed by atoms with Crippen molar-refractivity contribution < 1.29 is 4.79 Å². The summed E-state index contributed by atoms with van der Waals surface area (Å²) in [6.07, 6.45) is 1.69. The van der Waals surface area contributed by atoms with Gasteiger partial charge in [0.05, 0.1) is 23.5 Å². The highest BCUT2D eigenvalue weighted by molar-refractivity contribution is 6.05. The number of nitrogens with zero attached hydrogens (tertiary/aromatic N) is 2. The van der Waals surface area contributed by atoms with Gasteiger partial charge in [-0.2, -0.15) is 5.10 Å². The van der Waals surface area contributed by atoms with Crippen LogP contribution in [-0.2, 0) is 7.05 Å². The molecule has 0 spiro atoms. The molecular formula is C15H16N4O. The minimum absolute atomic E-state index is 0.197. The SMILES string of the molecule is Cc1nn(C)cc1C(=O)Nc1ccccc1C#CCN. The van der Waals surface area contributed by atoms with Crippen molar-refractivity contribution >= 4 is 11.6 Å². The van der Waals surface area contributed by atoms with Crippen LogP contribution in [0.4, 0.5) is 5.69 Å². The fourth-order valence-electron chi connectivity index (χ4n) is 1.86. The molecule has 1 aromatic heterocycles. The number of amides is 1. The lowest BCUT2D eigenvalue weighted by Gasteiger charge is -2.06. The molecule has 0 aliphatic carbocycles. The van der Waals surface area contributed by atoms with Crippen LogP contribution in [0.3, 0.4) is 0 Å². The topological polar surface area (TPSA) is 72.9 Å². The molecule has 0 aliphatic rings. The molecule has 5 heteroatoms. The molecule has 0 atom stereocenters. The molecular weight excluding hydrogens is 252 g/mol. The Kier molecular flexibility index (Phi) is 4.18. The predicted molar refractivity (Wildman–Crippen MR) is 78.3 cm³/mol. The van der Waals surface area contributed by atoms with Crippen LogP contribution in [0.15, 0.2) is 30.5 Å². The minimum atomic E-state index is -0.197. The maximum absolute atomic E-state index is 12.2. The van der Waals surface area contributed by atoms with Crippen LogP contribution >= 0.6 is 0 Å². The van der Waals surface area contributed by atoms with Crippen molar-refractivity contribution in [3.05, 3.63) is 47.3 Å². The Morgan fingerprint density at radius 1 is 1.45 bits per heavy atom. The molecule has 3 N–H and O–H groups in total. The highest BCUT2D eigenvalue weighted by atomic mass is 16.1. The molecule has 2 aromatic rings. The molecule has 1 heterocycles. The average Bonchev–Trinajstić information content (AvgIpc) is 2.77. The zero-order valence-corrected chi connectivity index (χ0v) is 11.5. The summed E-state index contributed by atoms with van der Waals surface area (Å²) in [6.45, 7) is 2.08. The Balaban J connectivity index is 2.26. The molecule has 5 nitrogen and oxygen atoms in total. The van der Waals surface area contributed by atoms with Gasteiger partial charge in [0.15, 0.2) is 0 Å². The molecule has 1 amide bonds. The van der Waals surface area contributed by atoms with Crippen molar-refractivity contribution in [2.45, 2.75) is 6.92 Å². The van der Waals surface area contributed by atoms with E-state index in [1.54, 1.807) is 24.9 Å². The molecule has 0 fully saturated rings. The third-order valence-electron chi connectivity index (χ3n) is 2.76. The third-order valence-corrected chi connectivity index (χ3v) is 2.76. The van der Waals surface area contributed by atoms with Gasteiger partial charge in [-0.15, -0.1) is 0 Å². The van der Waals surface area contributed by atoms with E-state index in [4.69, 9.17) is 5.73 Å². The summed E-state index contributed by atoms with van der Waals surface area (Å²) in [7, 11) is 1.78. The largest absolute Gasteiger partial charge is 0.321 e. The number of anilines is 1. The first-order valence-electron chi connectivity index (χ1n) is 6.21. The summed E-state index contributed by atoms with van der Waals surface area (Å²) >= 11 is 0. The second kappa shape index (κ2) is 6.04. The Morgan fingerprint density at radius 2 is 2.20 bits per heavy atom. The van der Waals surface area contributed by atoms with E-state index < -0.39 is 0 Å². The van der Waals surface area contributed by atoms with Gasteiger partial charge in [-0.05, 0) is 19.1 Å². The number of benzene rings is 1. The van der Waals surface area contributed by atoms with Gasteiger partial charge in [0.2, 0.25) is 0 Å². The minimum Gasteiger partial charge on any atom is -0.321 e. The van der Waals surface area contributed by atoms with Crippen LogP contribution in [0.1, 0.15) is 21.6 Å². The number of rotatable bonds is 2. The standard InChI is InChI=1S/C15H16N4O/c1-11-13(10-19(2)18-11)15(20)17-14-8-4-3-6-12(14)7-5-9-16/h3-4,6,8,10H,9,16H2,1-2H3,(H,17,20). The monoisotopic (exact) mass is 268 g/mol. The van der Waals surface area contributed by atoms with E-state index in [2.05, 4.69) is 22.3 Å². The van der Waals surface area contributed by atoms with E-state index in [0.29, 0.717) is 16.9 Å². The lowest BCUT2D eigenvalue weighted by molar-refractivity contribution is 0.102. The van der Waals surface area contributed by atoms with Gasteiger partial charge in [0.1, 0.15) is 0 Å². The van der Waals surface area contributed by atoms with Crippen LogP contribution < -0.4 is 11.1 Å². The van der Waals surface area contributed by atoms with Gasteiger partial charge in [0.25, 0.3) is 5.91 Å². The number of aromatic nitrogens is 2. The molecule has 20 heavy (non-hydrogen) atoms. The van der Waals surface area contributed by atoms with Crippen LogP contribution in [0, 0.1) is 18.8 Å². The number of carbonyl (C=O) groups is 1. The molecule has 0 saturated carbocycles. The molecule has 0 saturated heterocycles. The lowest BCUT2D eigenvalue weighted by atomic mass is 10.1. The Morgan fingerprint density at radius 3 is 2.85 bits per heavy atom. The number of carbonyl (C=O) groups excluding carboxylic acids is 1. The highest BCUT2D eigenvalue weighted by Gasteiger charge is 2.13. The van der Waals surface area contributed by atoms with Crippen molar-refractivity contribution in [3.63, 3.8) is 0 Å². The first-order chi connectivity index (χ1) is 9.61. The van der Waals surface area contributed by atoms with Crippen molar-refractivity contribution in [2.24, 2.45) is 12.8 Å². The number of hydrogen-bond donors (Lipinski definition) is 2. The van der Waals surface area contributed by atoms with Crippen molar-refractivity contribution in [2.75, 3.05) is 11.9 Å². The van der Waals surface area contributed by atoms with Crippen molar-refractivity contribution in [3.8, 4) is 11.8 Å². The molecule has 1 aromatic carbocycles. The summed E-state index contributed by atoms with van der Waals surface area (Å²) < 4.78 is 1.62. The maximum atomic E-state index is 12.2. The number of para-hydroxylation sites is 1. The van der Waals surface area contributed by atoms with Crippen molar-refractivity contribution in [1.82, 2.24) is 9.78 Å². The van der Waals surface area contributed by atoms with E-state index >= 15 is 0 Å². The van der Waals surface area contributed by atoms with Gasteiger partial charge in [-0.25, -0.2) is 0 Å². The molecule has 0 aliphatic heterocycles. The molecule has 0 radical (unpaired) electrons. The predicted octanol–water partition coefficient (Wildman–Crippen LogP) is 1.29. The lowest BCUT2D eigenvalue weighted by Crippen LogP contribution is -2.13.